The van der Waals surface area contributed by atoms with E-state index in [4.69, 9.17) is 0 Å². The van der Waals surface area contributed by atoms with Crippen molar-refractivity contribution in [1.82, 2.24) is 15.9 Å². The van der Waals surface area contributed by atoms with Crippen LogP contribution in [-0.2, 0) is 0 Å². The first-order valence-corrected chi connectivity index (χ1v) is 2.16. The third-order valence-corrected chi connectivity index (χ3v) is 0.797. The van der Waals surface area contributed by atoms with Crippen LogP contribution in [0.3, 0.4) is 0 Å². The molecule has 9 heavy (non-hydrogen) atoms. The average molecular weight is 126 g/mol. The van der Waals surface area contributed by atoms with Gasteiger partial charge in [-0.1, -0.05) is 0 Å². The van der Waals surface area contributed by atoms with Crippen molar-refractivity contribution < 1.29 is 0 Å². The second-order valence-corrected chi connectivity index (χ2v) is 1.31. The number of nitrogens with zero attached hydrogens (tertiary/aromatic N) is 7. The van der Waals surface area contributed by atoms with Crippen molar-refractivity contribution in [3.8, 4) is 0 Å². The van der Waals surface area contributed by atoms with E-state index in [0.717, 1.165) is 5.23 Å². The highest BCUT2D eigenvalue weighted by molar-refractivity contribution is 5.53. The number of fused-ring (bicyclic) bond motifs is 1. The fourth-order valence-electron chi connectivity index (χ4n) is 0.453. The van der Waals surface area contributed by atoms with Crippen LogP contribution in [0.15, 0.2) is 26.0 Å². The summed E-state index contributed by atoms with van der Waals surface area (Å²) in [6, 6.07) is 0. The molecule has 0 unspecified atom stereocenters. The van der Waals surface area contributed by atoms with Gasteiger partial charge in [-0.2, -0.15) is 5.53 Å². The van der Waals surface area contributed by atoms with E-state index in [1.807, 2.05) is 0 Å². The van der Waals surface area contributed by atoms with Crippen LogP contribution in [0.25, 0.3) is 0 Å². The van der Waals surface area contributed by atoms with Crippen molar-refractivity contribution in [2.45, 2.75) is 0 Å². The highest BCUT2D eigenvalue weighted by Gasteiger charge is 2.16. The fraction of sp³-hybridized carbons (Fsp3) is 0. The summed E-state index contributed by atoms with van der Waals surface area (Å²) in [5.41, 5.74) is 2.47. The lowest BCUT2D eigenvalue weighted by Gasteiger charge is -2.14. The molecule has 2 rings (SSSR count). The van der Waals surface area contributed by atoms with E-state index >= 15 is 0 Å². The van der Waals surface area contributed by atoms with Crippen molar-refractivity contribution in [2.75, 3.05) is 0 Å². The van der Waals surface area contributed by atoms with Crippen LogP contribution in [0.2, 0.25) is 0 Å². The van der Waals surface area contributed by atoms with Gasteiger partial charge in [0.25, 0.3) is 0 Å². The third-order valence-electron chi connectivity index (χ3n) is 0.797. The van der Waals surface area contributed by atoms with E-state index in [0.29, 0.717) is 0 Å². The van der Waals surface area contributed by atoms with Gasteiger partial charge >= 0.3 is 0 Å². The summed E-state index contributed by atoms with van der Waals surface area (Å²) < 4.78 is 0. The van der Waals surface area contributed by atoms with Crippen molar-refractivity contribution in [1.29, 1.82) is 0 Å². The predicted octanol–water partition coefficient (Wildman–Crippen LogP) is -0.370. The fourth-order valence-corrected chi connectivity index (χ4v) is 0.453. The first-order chi connectivity index (χ1) is 4.47. The number of hydrogen-bond donors (Lipinski definition) is 1. The van der Waals surface area contributed by atoms with Crippen LogP contribution in [0.4, 0.5) is 0 Å². The Labute approximate surface area is 49.4 Å². The van der Waals surface area contributed by atoms with Gasteiger partial charge in [0, 0.05) is 0 Å². The number of rotatable bonds is 0. The zero-order valence-electron chi connectivity index (χ0n) is 4.21. The molecule has 0 spiro atoms. The van der Waals surface area contributed by atoms with Gasteiger partial charge in [-0.05, 0) is 26.1 Å². The molecule has 1 N–H and O–H groups in total. The molecule has 0 aromatic heterocycles. The van der Waals surface area contributed by atoms with Gasteiger partial charge in [0.2, 0.25) is 0 Å². The van der Waals surface area contributed by atoms with E-state index in [1.54, 1.807) is 0 Å². The Morgan fingerprint density at radius 1 is 1.33 bits per heavy atom. The van der Waals surface area contributed by atoms with Gasteiger partial charge in [-0.25, -0.2) is 0 Å². The van der Waals surface area contributed by atoms with E-state index in [2.05, 4.69) is 31.5 Å². The Bertz CT molecular complexity index is 189. The third kappa shape index (κ3) is 0.490. The van der Waals surface area contributed by atoms with E-state index in [-0.39, 0.29) is 0 Å². The van der Waals surface area contributed by atoms with Crippen LogP contribution >= 0.6 is 0 Å². The molecule has 8 nitrogen and oxygen atoms in total. The highest BCUT2D eigenvalue weighted by atomic mass is 16.1. The summed E-state index contributed by atoms with van der Waals surface area (Å²) in [6.07, 6.45) is 1.40. The highest BCUT2D eigenvalue weighted by Crippen LogP contribution is 2.05. The minimum atomic E-state index is 1.16. The van der Waals surface area contributed by atoms with Gasteiger partial charge in [-0.3, -0.25) is 0 Å². The molecule has 0 saturated carbocycles. The Balaban J connectivity index is 2.25. The van der Waals surface area contributed by atoms with Gasteiger partial charge in [0.1, 0.15) is 0 Å². The molecule has 0 saturated heterocycles. The van der Waals surface area contributed by atoms with Crippen molar-refractivity contribution in [3.63, 3.8) is 0 Å². The molecular weight excluding hydrogens is 124 g/mol. The maximum absolute atomic E-state index is 3.48. The molecule has 2 heterocycles. The smallest absolute Gasteiger partial charge is 0.163 e. The average Bonchev–Trinajstić information content (AvgIpc) is 2.33. The quantitative estimate of drug-likeness (QED) is 0.480. The molecule has 0 atom stereocenters. The second-order valence-electron chi connectivity index (χ2n) is 1.31. The van der Waals surface area contributed by atoms with Gasteiger partial charge in [0.15, 0.2) is 6.34 Å². The van der Waals surface area contributed by atoms with Crippen LogP contribution in [-0.4, -0.2) is 16.7 Å². The Hall–Kier alpha value is -1.73. The van der Waals surface area contributed by atoms with Crippen LogP contribution in [0, 0.1) is 0 Å². The summed E-state index contributed by atoms with van der Waals surface area (Å²) in [6.45, 7) is 0. The zero-order chi connectivity index (χ0) is 6.10. The summed E-state index contributed by atoms with van der Waals surface area (Å²) in [5.74, 6) is 0. The second kappa shape index (κ2) is 1.37. The largest absolute Gasteiger partial charge is 0.175 e. The molecule has 0 amide bonds. The normalized spacial score (nSPS) is 20.4. The van der Waals surface area contributed by atoms with Crippen molar-refractivity contribution in [2.24, 2.45) is 26.0 Å². The number of nitrogens with one attached hydrogen (secondary N) is 1. The lowest BCUT2D eigenvalue weighted by Crippen LogP contribution is -2.38. The SMILES string of the molecule is C1=NN=NN2N=NNN12. The van der Waals surface area contributed by atoms with E-state index < -0.39 is 0 Å². The Kier molecular flexibility index (Phi) is 0.637. The topological polar surface area (TPSA) is 80.3 Å². The first kappa shape index (κ1) is 4.18. The molecule has 0 aromatic carbocycles. The summed E-state index contributed by atoms with van der Waals surface area (Å²) >= 11 is 0. The Morgan fingerprint density at radius 2 is 2.33 bits per heavy atom. The minimum Gasteiger partial charge on any atom is -0.175 e. The van der Waals surface area contributed by atoms with Crippen LogP contribution in [0.1, 0.15) is 0 Å². The van der Waals surface area contributed by atoms with Crippen molar-refractivity contribution >= 4 is 6.34 Å². The standard InChI is InChI=1S/CH2N8/c1-2-3-6-9-7-4-5-8(1)9/h1H,(H,5,7). The van der Waals surface area contributed by atoms with E-state index in [9.17, 15) is 0 Å². The van der Waals surface area contributed by atoms with Gasteiger partial charge in [0.05, 0.1) is 0 Å². The van der Waals surface area contributed by atoms with E-state index in [1.165, 1.54) is 11.5 Å². The minimum absolute atomic E-state index is 1.16. The monoisotopic (exact) mass is 126 g/mol. The van der Waals surface area contributed by atoms with Crippen molar-refractivity contribution in [3.05, 3.63) is 0 Å². The zero-order valence-corrected chi connectivity index (χ0v) is 4.21. The maximum atomic E-state index is 3.48. The molecule has 0 bridgehead atoms. The van der Waals surface area contributed by atoms with Crippen LogP contribution < -0.4 is 5.53 Å². The summed E-state index contributed by atoms with van der Waals surface area (Å²) in [4.78, 5) is 0. The predicted molar refractivity (Wildman–Crippen MR) is 25.0 cm³/mol. The number of hydrogen-bond acceptors (Lipinski definition) is 8. The van der Waals surface area contributed by atoms with Gasteiger partial charge in [-0.15, -0.1) is 10.2 Å². The molecule has 2 aliphatic heterocycles. The van der Waals surface area contributed by atoms with Crippen LogP contribution in [0.5, 0.6) is 0 Å². The molecule has 46 valence electrons. The summed E-state index contributed by atoms with van der Waals surface area (Å²) in [5, 5.41) is 19.6. The van der Waals surface area contributed by atoms with Gasteiger partial charge < -0.3 is 0 Å². The lowest BCUT2D eigenvalue weighted by molar-refractivity contribution is 0.0359. The summed E-state index contributed by atoms with van der Waals surface area (Å²) in [7, 11) is 0. The molecular formula is CH2N8. The number of hydrazine groups is 2. The molecule has 2 aliphatic rings. The molecule has 0 fully saturated rings. The first-order valence-electron chi connectivity index (χ1n) is 2.16. The molecule has 0 aliphatic carbocycles. The molecule has 0 radical (unpaired) electrons. The maximum Gasteiger partial charge on any atom is 0.163 e. The lowest BCUT2D eigenvalue weighted by atomic mass is 11.3. The molecule has 8 heteroatoms. The Morgan fingerprint density at radius 3 is 3.22 bits per heavy atom. The molecule has 0 aromatic rings.